The van der Waals surface area contributed by atoms with Crippen LogP contribution in [-0.4, -0.2) is 16.4 Å². The number of carbonyl (C=O) groups excluding carboxylic acids is 1. The molecule has 68 valence electrons. The number of hydrogen-bond donors (Lipinski definition) is 0. The third-order valence-electron chi connectivity index (χ3n) is 1.40. The van der Waals surface area contributed by atoms with Gasteiger partial charge in [-0.25, -0.2) is 4.98 Å². The first-order chi connectivity index (χ1) is 6.15. The van der Waals surface area contributed by atoms with Crippen LogP contribution in [0.15, 0.2) is 12.1 Å². The molecule has 13 heavy (non-hydrogen) atoms. The molecule has 0 aliphatic rings. The fourth-order valence-corrected chi connectivity index (χ4v) is 0.839. The number of carbonyl (C=O) groups is 1. The number of nitro groups is 1. The van der Waals surface area contributed by atoms with E-state index in [0.29, 0.717) is 0 Å². The second kappa shape index (κ2) is 3.61. The first-order valence-electron chi connectivity index (χ1n) is 3.37. The summed E-state index contributed by atoms with van der Waals surface area (Å²) in [7, 11) is 0. The van der Waals surface area contributed by atoms with E-state index in [-0.39, 0.29) is 23.7 Å². The molecule has 1 heterocycles. The van der Waals surface area contributed by atoms with Gasteiger partial charge in [0.2, 0.25) is 5.88 Å². The summed E-state index contributed by atoms with van der Waals surface area (Å²) in [6, 6.07) is 2.50. The van der Waals surface area contributed by atoms with Gasteiger partial charge in [0.25, 0.3) is 12.2 Å². The summed E-state index contributed by atoms with van der Waals surface area (Å²) in [5.41, 5.74) is 0.114. The maximum Gasteiger partial charge on any atom is 0.299 e. The van der Waals surface area contributed by atoms with Crippen molar-refractivity contribution in [2.75, 3.05) is 0 Å². The lowest BCUT2D eigenvalue weighted by atomic mass is 10.3. The van der Waals surface area contributed by atoms with Crippen molar-refractivity contribution in [2.45, 2.75) is 6.92 Å². The number of pyridine rings is 1. The highest BCUT2D eigenvalue weighted by Gasteiger charge is 2.11. The lowest BCUT2D eigenvalue weighted by Crippen LogP contribution is -1.97. The van der Waals surface area contributed by atoms with Gasteiger partial charge in [-0.15, -0.1) is 0 Å². The Bertz CT molecular complexity index is 350. The second-order valence-corrected chi connectivity index (χ2v) is 2.23. The number of ether oxygens (including phenoxy) is 1. The fraction of sp³-hybridized carbons (Fsp3) is 0.143. The van der Waals surface area contributed by atoms with E-state index in [1.54, 1.807) is 0 Å². The zero-order chi connectivity index (χ0) is 9.84. The summed E-state index contributed by atoms with van der Waals surface area (Å²) in [5, 5.41) is 10.3. The first kappa shape index (κ1) is 9.11. The van der Waals surface area contributed by atoms with Crippen molar-refractivity contribution < 1.29 is 14.5 Å². The summed E-state index contributed by atoms with van der Waals surface area (Å²) in [5.74, 6) is 0.0538. The second-order valence-electron chi connectivity index (χ2n) is 2.23. The van der Waals surface area contributed by atoms with Crippen LogP contribution in [0, 0.1) is 17.0 Å². The Hall–Kier alpha value is -1.98. The Morgan fingerprint density at radius 1 is 1.62 bits per heavy atom. The van der Waals surface area contributed by atoms with Crippen LogP contribution in [0.2, 0.25) is 0 Å². The van der Waals surface area contributed by atoms with E-state index in [0.717, 1.165) is 0 Å². The van der Waals surface area contributed by atoms with Crippen LogP contribution in [0.5, 0.6) is 5.88 Å². The molecule has 0 aliphatic carbocycles. The van der Waals surface area contributed by atoms with Crippen LogP contribution in [0.4, 0.5) is 5.69 Å². The van der Waals surface area contributed by atoms with Crippen LogP contribution < -0.4 is 4.74 Å². The molecule has 0 atom stereocenters. The minimum absolute atomic E-state index is 0.0538. The summed E-state index contributed by atoms with van der Waals surface area (Å²) in [6.45, 7) is 1.68. The molecule has 0 saturated carbocycles. The van der Waals surface area contributed by atoms with Gasteiger partial charge in [-0.1, -0.05) is 0 Å². The Kier molecular flexibility index (Phi) is 2.53. The Balaban J connectivity index is 3.05. The maximum atomic E-state index is 10.3. The van der Waals surface area contributed by atoms with Crippen molar-refractivity contribution in [3.8, 4) is 5.88 Å². The van der Waals surface area contributed by atoms with Crippen molar-refractivity contribution in [1.29, 1.82) is 0 Å². The molecule has 0 fully saturated rings. The smallest absolute Gasteiger partial charge is 0.299 e. The minimum Gasteiger partial charge on any atom is -0.410 e. The third kappa shape index (κ3) is 1.98. The molecular weight excluding hydrogens is 176 g/mol. The molecule has 0 saturated heterocycles. The topological polar surface area (TPSA) is 82.3 Å². The van der Waals surface area contributed by atoms with E-state index in [2.05, 4.69) is 9.72 Å². The van der Waals surface area contributed by atoms with Gasteiger partial charge in [0, 0.05) is 12.1 Å². The van der Waals surface area contributed by atoms with Gasteiger partial charge in [0.1, 0.15) is 5.69 Å². The fourth-order valence-electron chi connectivity index (χ4n) is 0.839. The van der Waals surface area contributed by atoms with E-state index >= 15 is 0 Å². The molecule has 0 aliphatic heterocycles. The van der Waals surface area contributed by atoms with Crippen molar-refractivity contribution in [3.05, 3.63) is 27.9 Å². The van der Waals surface area contributed by atoms with Crippen LogP contribution in [-0.2, 0) is 4.79 Å². The quantitative estimate of drug-likeness (QED) is 0.393. The highest BCUT2D eigenvalue weighted by molar-refractivity contribution is 5.45. The molecule has 0 spiro atoms. The Morgan fingerprint density at radius 2 is 2.31 bits per heavy atom. The summed E-state index contributed by atoms with van der Waals surface area (Å²) in [4.78, 5) is 23.4. The van der Waals surface area contributed by atoms with Crippen molar-refractivity contribution in [3.63, 3.8) is 0 Å². The van der Waals surface area contributed by atoms with E-state index in [1.807, 2.05) is 0 Å². The van der Waals surface area contributed by atoms with E-state index in [1.165, 1.54) is 19.1 Å². The zero-order valence-electron chi connectivity index (χ0n) is 6.76. The lowest BCUT2D eigenvalue weighted by molar-refractivity contribution is -0.385. The number of rotatable bonds is 3. The number of aryl methyl sites for hydroxylation is 1. The Morgan fingerprint density at radius 3 is 2.77 bits per heavy atom. The minimum atomic E-state index is -0.549. The molecule has 0 amide bonds. The molecule has 0 N–H and O–H groups in total. The van der Waals surface area contributed by atoms with Gasteiger partial charge in [-0.05, 0) is 6.92 Å². The molecule has 6 heteroatoms. The predicted octanol–water partition coefficient (Wildman–Crippen LogP) is 0.833. The van der Waals surface area contributed by atoms with Gasteiger partial charge in [-0.2, -0.15) is 0 Å². The van der Waals surface area contributed by atoms with Crippen molar-refractivity contribution in [1.82, 2.24) is 4.98 Å². The number of nitrogens with zero attached hydrogens (tertiary/aromatic N) is 2. The summed E-state index contributed by atoms with van der Waals surface area (Å²) >= 11 is 0. The number of aromatic nitrogens is 1. The SMILES string of the molecule is Cc1nc(OC=O)ccc1[N+](=O)[O-]. The van der Waals surface area contributed by atoms with Gasteiger partial charge < -0.3 is 4.74 Å². The molecule has 1 rings (SSSR count). The first-order valence-corrected chi connectivity index (χ1v) is 3.37. The highest BCUT2D eigenvalue weighted by Crippen LogP contribution is 2.18. The summed E-state index contributed by atoms with van der Waals surface area (Å²) in [6.07, 6.45) is 0. The van der Waals surface area contributed by atoms with Crippen LogP contribution in [0.3, 0.4) is 0 Å². The normalized spacial score (nSPS) is 9.31. The zero-order valence-corrected chi connectivity index (χ0v) is 6.76. The molecule has 1 aromatic heterocycles. The average molecular weight is 182 g/mol. The van der Waals surface area contributed by atoms with Gasteiger partial charge in [0.15, 0.2) is 0 Å². The Labute approximate surface area is 73.3 Å². The molecule has 0 unspecified atom stereocenters. The maximum absolute atomic E-state index is 10.3. The third-order valence-corrected chi connectivity index (χ3v) is 1.40. The highest BCUT2D eigenvalue weighted by atomic mass is 16.6. The van der Waals surface area contributed by atoms with E-state index in [9.17, 15) is 14.9 Å². The van der Waals surface area contributed by atoms with Gasteiger partial charge in [0.05, 0.1) is 4.92 Å². The largest absolute Gasteiger partial charge is 0.410 e. The monoisotopic (exact) mass is 182 g/mol. The molecule has 1 aromatic rings. The van der Waals surface area contributed by atoms with Crippen LogP contribution in [0.1, 0.15) is 5.69 Å². The standard InChI is InChI=1S/C7H6N2O4/c1-5-6(9(11)12)2-3-7(8-5)13-4-10/h2-4H,1H3. The predicted molar refractivity (Wildman–Crippen MR) is 42.3 cm³/mol. The molecule has 0 radical (unpaired) electrons. The van der Waals surface area contributed by atoms with Crippen molar-refractivity contribution >= 4 is 12.2 Å². The number of hydrogen-bond acceptors (Lipinski definition) is 5. The molecule has 6 nitrogen and oxygen atoms in total. The van der Waals surface area contributed by atoms with Crippen LogP contribution in [0.25, 0.3) is 0 Å². The van der Waals surface area contributed by atoms with Gasteiger partial charge >= 0.3 is 0 Å². The van der Waals surface area contributed by atoms with E-state index in [4.69, 9.17) is 0 Å². The van der Waals surface area contributed by atoms with Gasteiger partial charge in [-0.3, -0.25) is 14.9 Å². The van der Waals surface area contributed by atoms with Crippen LogP contribution >= 0.6 is 0 Å². The molecule has 0 aromatic carbocycles. The van der Waals surface area contributed by atoms with E-state index < -0.39 is 4.92 Å². The average Bonchev–Trinajstić information content (AvgIpc) is 2.04. The van der Waals surface area contributed by atoms with Crippen molar-refractivity contribution in [2.24, 2.45) is 0 Å². The summed E-state index contributed by atoms with van der Waals surface area (Å²) < 4.78 is 4.41. The molecule has 0 bridgehead atoms. The molecular formula is C7H6N2O4. The lowest BCUT2D eigenvalue weighted by Gasteiger charge is -1.98.